The van der Waals surface area contributed by atoms with Crippen molar-refractivity contribution >= 4 is 22.1 Å². The van der Waals surface area contributed by atoms with Gasteiger partial charge in [-0.15, -0.1) is 0 Å². The van der Waals surface area contributed by atoms with Crippen LogP contribution in [0.4, 0.5) is 0 Å². The van der Waals surface area contributed by atoms with E-state index in [2.05, 4.69) is 103 Å². The Hall–Kier alpha value is -3.46. The van der Waals surface area contributed by atoms with Crippen LogP contribution in [0.15, 0.2) is 65.2 Å². The molecule has 0 aliphatic heterocycles. The van der Waals surface area contributed by atoms with Crippen molar-refractivity contribution in [3.8, 4) is 22.5 Å². The number of rotatable bonds is 6. The van der Waals surface area contributed by atoms with Gasteiger partial charge >= 0.3 is 0 Å². The van der Waals surface area contributed by atoms with Gasteiger partial charge in [-0.25, -0.2) is 4.98 Å². The standard InChI is InChI=1S/C33H36N2O/c1-19(2)16-23-17-30(34-18-22(23)7)28-13-9-12-26-27-14-15-29(35-33(27)36-32(26)28)31-24(20(3)4)10-8-11-25(31)21(5)6/h8-15,17-21H,16H2,1-7H3. The minimum atomic E-state index is 0.408. The molecule has 0 amide bonds. The quantitative estimate of drug-likeness (QED) is 0.245. The Bertz CT molecular complexity index is 1530. The molecule has 0 saturated heterocycles. The minimum Gasteiger partial charge on any atom is -0.437 e. The van der Waals surface area contributed by atoms with Gasteiger partial charge in [-0.05, 0) is 77.6 Å². The van der Waals surface area contributed by atoms with E-state index in [1.807, 2.05) is 6.20 Å². The predicted molar refractivity (Wildman–Crippen MR) is 152 cm³/mol. The highest BCUT2D eigenvalue weighted by Crippen LogP contribution is 2.39. The first-order chi connectivity index (χ1) is 17.2. The molecular weight excluding hydrogens is 440 g/mol. The maximum absolute atomic E-state index is 6.50. The highest BCUT2D eigenvalue weighted by atomic mass is 16.3. The number of pyridine rings is 2. The lowest BCUT2D eigenvalue weighted by Crippen LogP contribution is -2.00. The number of fused-ring (bicyclic) bond motifs is 3. The fourth-order valence-corrected chi connectivity index (χ4v) is 5.24. The van der Waals surface area contributed by atoms with E-state index in [1.165, 1.54) is 27.8 Å². The van der Waals surface area contributed by atoms with Crippen LogP contribution >= 0.6 is 0 Å². The van der Waals surface area contributed by atoms with Crippen molar-refractivity contribution in [1.29, 1.82) is 0 Å². The fourth-order valence-electron chi connectivity index (χ4n) is 5.24. The van der Waals surface area contributed by atoms with Gasteiger partial charge in [0.25, 0.3) is 0 Å². The van der Waals surface area contributed by atoms with Gasteiger partial charge in [0, 0.05) is 28.1 Å². The molecule has 0 bridgehead atoms. The number of para-hydroxylation sites is 1. The van der Waals surface area contributed by atoms with Crippen molar-refractivity contribution in [2.24, 2.45) is 5.92 Å². The molecule has 2 aromatic carbocycles. The van der Waals surface area contributed by atoms with Gasteiger partial charge in [0.15, 0.2) is 0 Å². The van der Waals surface area contributed by atoms with Gasteiger partial charge < -0.3 is 4.42 Å². The number of benzene rings is 2. The number of hydrogen-bond donors (Lipinski definition) is 0. The Balaban J connectivity index is 1.69. The van der Waals surface area contributed by atoms with Crippen LogP contribution in [0.2, 0.25) is 0 Å². The Morgan fingerprint density at radius 2 is 1.47 bits per heavy atom. The number of nitrogens with zero attached hydrogens (tertiary/aromatic N) is 2. The zero-order valence-electron chi connectivity index (χ0n) is 22.5. The monoisotopic (exact) mass is 476 g/mol. The van der Waals surface area contributed by atoms with E-state index in [0.29, 0.717) is 23.5 Å². The van der Waals surface area contributed by atoms with E-state index in [9.17, 15) is 0 Å². The predicted octanol–water partition coefficient (Wildman–Crippen LogP) is 9.46. The fraction of sp³-hybridized carbons (Fsp3) is 0.333. The normalized spacial score (nSPS) is 12.1. The molecule has 0 aliphatic carbocycles. The SMILES string of the molecule is Cc1cnc(-c2cccc3c2oc2nc(-c4c(C(C)C)cccc4C(C)C)ccc23)cc1CC(C)C. The van der Waals surface area contributed by atoms with Gasteiger partial charge in [-0.2, -0.15) is 0 Å². The van der Waals surface area contributed by atoms with Crippen molar-refractivity contribution in [2.45, 2.75) is 66.7 Å². The van der Waals surface area contributed by atoms with Gasteiger partial charge in [0.2, 0.25) is 5.71 Å². The summed E-state index contributed by atoms with van der Waals surface area (Å²) in [5.41, 5.74) is 10.9. The second-order valence-corrected chi connectivity index (χ2v) is 11.0. The molecular formula is C33H36N2O. The lowest BCUT2D eigenvalue weighted by Gasteiger charge is -2.19. The summed E-state index contributed by atoms with van der Waals surface area (Å²) in [7, 11) is 0. The zero-order valence-corrected chi connectivity index (χ0v) is 22.5. The molecule has 0 spiro atoms. The molecule has 3 aromatic heterocycles. The first-order valence-electron chi connectivity index (χ1n) is 13.2. The summed E-state index contributed by atoms with van der Waals surface area (Å²) in [6.07, 6.45) is 3.02. The average molecular weight is 477 g/mol. The van der Waals surface area contributed by atoms with E-state index in [1.54, 1.807) is 0 Å². The smallest absolute Gasteiger partial charge is 0.227 e. The third-order valence-electron chi connectivity index (χ3n) is 7.11. The molecule has 0 fully saturated rings. The molecule has 5 rings (SSSR count). The molecule has 0 N–H and O–H groups in total. The summed E-state index contributed by atoms with van der Waals surface area (Å²) in [4.78, 5) is 9.87. The second-order valence-electron chi connectivity index (χ2n) is 11.0. The molecule has 5 aromatic rings. The van der Waals surface area contributed by atoms with Crippen LogP contribution in [0, 0.1) is 12.8 Å². The molecule has 0 saturated carbocycles. The Morgan fingerprint density at radius 3 is 2.14 bits per heavy atom. The van der Waals surface area contributed by atoms with Gasteiger partial charge in [0.1, 0.15) is 5.58 Å². The van der Waals surface area contributed by atoms with Crippen LogP contribution in [0.5, 0.6) is 0 Å². The summed E-state index contributed by atoms with van der Waals surface area (Å²) in [6, 6.07) is 19.5. The van der Waals surface area contributed by atoms with Crippen LogP contribution in [0.25, 0.3) is 44.6 Å². The molecule has 3 heterocycles. The van der Waals surface area contributed by atoms with Crippen LogP contribution < -0.4 is 0 Å². The van der Waals surface area contributed by atoms with E-state index >= 15 is 0 Å². The van der Waals surface area contributed by atoms with Crippen molar-refractivity contribution in [2.75, 3.05) is 0 Å². The molecule has 0 atom stereocenters. The maximum atomic E-state index is 6.50. The Morgan fingerprint density at radius 1 is 0.778 bits per heavy atom. The van der Waals surface area contributed by atoms with Crippen molar-refractivity contribution < 1.29 is 4.42 Å². The Kier molecular flexibility index (Phi) is 6.42. The first kappa shape index (κ1) is 24.2. The van der Waals surface area contributed by atoms with E-state index < -0.39 is 0 Å². The summed E-state index contributed by atoms with van der Waals surface area (Å²) in [5.74, 6) is 1.41. The highest BCUT2D eigenvalue weighted by molar-refractivity contribution is 6.08. The number of furan rings is 1. The summed E-state index contributed by atoms with van der Waals surface area (Å²) < 4.78 is 6.50. The lowest BCUT2D eigenvalue weighted by atomic mass is 9.87. The van der Waals surface area contributed by atoms with Gasteiger partial charge in [-0.1, -0.05) is 71.9 Å². The third-order valence-corrected chi connectivity index (χ3v) is 7.11. The van der Waals surface area contributed by atoms with E-state index in [-0.39, 0.29) is 0 Å². The van der Waals surface area contributed by atoms with E-state index in [0.717, 1.165) is 39.7 Å². The van der Waals surface area contributed by atoms with Crippen molar-refractivity contribution in [1.82, 2.24) is 9.97 Å². The summed E-state index contributed by atoms with van der Waals surface area (Å²) >= 11 is 0. The molecule has 3 nitrogen and oxygen atoms in total. The molecule has 0 unspecified atom stereocenters. The van der Waals surface area contributed by atoms with Crippen LogP contribution in [0.3, 0.4) is 0 Å². The summed E-state index contributed by atoms with van der Waals surface area (Å²) in [6.45, 7) is 15.6. The first-order valence-corrected chi connectivity index (χ1v) is 13.2. The molecule has 0 aliphatic rings. The second kappa shape index (κ2) is 9.54. The van der Waals surface area contributed by atoms with E-state index in [4.69, 9.17) is 14.4 Å². The molecule has 0 radical (unpaired) electrons. The van der Waals surface area contributed by atoms with Gasteiger partial charge in [-0.3, -0.25) is 4.98 Å². The molecule has 184 valence electrons. The largest absolute Gasteiger partial charge is 0.437 e. The van der Waals surface area contributed by atoms with Crippen LogP contribution in [-0.4, -0.2) is 9.97 Å². The average Bonchev–Trinajstić information content (AvgIpc) is 3.22. The van der Waals surface area contributed by atoms with Crippen molar-refractivity contribution in [3.63, 3.8) is 0 Å². The topological polar surface area (TPSA) is 38.9 Å². The van der Waals surface area contributed by atoms with Crippen molar-refractivity contribution in [3.05, 3.63) is 83.0 Å². The van der Waals surface area contributed by atoms with Crippen LogP contribution in [0.1, 0.15) is 75.6 Å². The highest BCUT2D eigenvalue weighted by Gasteiger charge is 2.19. The number of aryl methyl sites for hydroxylation is 1. The molecule has 3 heteroatoms. The van der Waals surface area contributed by atoms with Crippen LogP contribution in [-0.2, 0) is 6.42 Å². The third kappa shape index (κ3) is 4.32. The lowest BCUT2D eigenvalue weighted by molar-refractivity contribution is 0.644. The zero-order chi connectivity index (χ0) is 25.6. The maximum Gasteiger partial charge on any atom is 0.227 e. The Labute approximate surface area is 214 Å². The summed E-state index contributed by atoms with van der Waals surface area (Å²) in [5, 5.41) is 2.12. The number of aromatic nitrogens is 2. The minimum absolute atomic E-state index is 0.408. The molecule has 36 heavy (non-hydrogen) atoms. The number of hydrogen-bond acceptors (Lipinski definition) is 3. The van der Waals surface area contributed by atoms with Gasteiger partial charge in [0.05, 0.1) is 11.4 Å².